The summed E-state index contributed by atoms with van der Waals surface area (Å²) in [7, 11) is 1.72. The molecule has 62 valence electrons. The molecule has 0 fully saturated rings. The van der Waals surface area contributed by atoms with Gasteiger partial charge in [-0.25, -0.2) is 0 Å². The molecule has 0 saturated carbocycles. The fourth-order valence-corrected chi connectivity index (χ4v) is 0.526. The van der Waals surface area contributed by atoms with Crippen molar-refractivity contribution in [1.29, 1.82) is 5.26 Å². The van der Waals surface area contributed by atoms with E-state index in [9.17, 15) is 4.79 Å². The molecule has 0 rings (SSSR count). The minimum absolute atomic E-state index is 0.0669. The van der Waals surface area contributed by atoms with Crippen molar-refractivity contribution in [2.45, 2.75) is 19.4 Å². The minimum atomic E-state index is -0.186. The highest BCUT2D eigenvalue weighted by atomic mass is 16.2. The zero-order valence-electron chi connectivity index (χ0n) is 6.85. The first-order valence-corrected chi connectivity index (χ1v) is 3.54. The number of likely N-dealkylation sites (N-methyl/N-ethyl adjacent to an activating group) is 1. The number of carbonyl (C=O) groups excluding carboxylic acids is 1. The first-order chi connectivity index (χ1) is 5.22. The van der Waals surface area contributed by atoms with Gasteiger partial charge >= 0.3 is 0 Å². The normalized spacial score (nSPS) is 11.7. The third kappa shape index (κ3) is 4.34. The lowest BCUT2D eigenvalue weighted by Crippen LogP contribution is -2.40. The van der Waals surface area contributed by atoms with E-state index in [4.69, 9.17) is 5.26 Å². The second-order valence-electron chi connectivity index (χ2n) is 2.21. The predicted octanol–water partition coefficient (Wildman–Crippen LogP) is -0.376. The molecule has 11 heavy (non-hydrogen) atoms. The summed E-state index contributed by atoms with van der Waals surface area (Å²) in [5.41, 5.74) is 0. The van der Waals surface area contributed by atoms with Crippen molar-refractivity contribution < 1.29 is 4.79 Å². The van der Waals surface area contributed by atoms with Gasteiger partial charge in [0.25, 0.3) is 0 Å². The number of rotatable bonds is 4. The van der Waals surface area contributed by atoms with Crippen LogP contribution < -0.4 is 10.6 Å². The van der Waals surface area contributed by atoms with E-state index in [1.54, 1.807) is 14.0 Å². The molecule has 0 aromatic rings. The van der Waals surface area contributed by atoms with Crippen LogP contribution in [0.4, 0.5) is 0 Å². The van der Waals surface area contributed by atoms with Crippen LogP contribution in [0.1, 0.15) is 13.3 Å². The molecule has 0 radical (unpaired) electrons. The maximum Gasteiger partial charge on any atom is 0.236 e. The SMILES string of the molecule is CNC(C)C(=O)NCCC#N. The fraction of sp³-hybridized carbons (Fsp3) is 0.714. The second-order valence-corrected chi connectivity index (χ2v) is 2.21. The van der Waals surface area contributed by atoms with Crippen molar-refractivity contribution in [1.82, 2.24) is 10.6 Å². The van der Waals surface area contributed by atoms with E-state index in [-0.39, 0.29) is 11.9 Å². The summed E-state index contributed by atoms with van der Waals surface area (Å²) in [5.74, 6) is -0.0669. The third-order valence-electron chi connectivity index (χ3n) is 1.36. The van der Waals surface area contributed by atoms with Gasteiger partial charge in [-0.15, -0.1) is 0 Å². The number of carbonyl (C=O) groups is 1. The Hall–Kier alpha value is -1.08. The highest BCUT2D eigenvalue weighted by Gasteiger charge is 2.07. The average molecular weight is 155 g/mol. The molecule has 0 aliphatic carbocycles. The number of hydrogen-bond donors (Lipinski definition) is 2. The third-order valence-corrected chi connectivity index (χ3v) is 1.36. The van der Waals surface area contributed by atoms with Crippen LogP contribution in [0.3, 0.4) is 0 Å². The molecule has 0 aromatic carbocycles. The van der Waals surface area contributed by atoms with E-state index in [1.807, 2.05) is 6.07 Å². The summed E-state index contributed by atoms with van der Waals surface area (Å²) in [6.45, 7) is 2.20. The van der Waals surface area contributed by atoms with Crippen LogP contribution in [0.25, 0.3) is 0 Å². The first-order valence-electron chi connectivity index (χ1n) is 3.54. The van der Waals surface area contributed by atoms with Crippen LogP contribution in [0, 0.1) is 11.3 Å². The van der Waals surface area contributed by atoms with Gasteiger partial charge in [-0.3, -0.25) is 4.79 Å². The molecule has 1 unspecified atom stereocenters. The van der Waals surface area contributed by atoms with Gasteiger partial charge < -0.3 is 10.6 Å². The number of amides is 1. The molecule has 0 aromatic heterocycles. The van der Waals surface area contributed by atoms with Gasteiger partial charge in [0.2, 0.25) is 5.91 Å². The Labute approximate surface area is 66.6 Å². The maximum atomic E-state index is 11.0. The van der Waals surface area contributed by atoms with Gasteiger partial charge in [0.05, 0.1) is 18.5 Å². The Bertz CT molecular complexity index is 162. The van der Waals surface area contributed by atoms with E-state index in [0.717, 1.165) is 0 Å². The Kier molecular flexibility index (Phi) is 5.13. The average Bonchev–Trinajstić information content (AvgIpc) is 2.03. The van der Waals surface area contributed by atoms with Crippen LogP contribution >= 0.6 is 0 Å². The first kappa shape index (κ1) is 9.92. The van der Waals surface area contributed by atoms with Crippen LogP contribution in [0.15, 0.2) is 0 Å². The van der Waals surface area contributed by atoms with E-state index in [1.165, 1.54) is 0 Å². The highest BCUT2D eigenvalue weighted by molar-refractivity contribution is 5.81. The van der Waals surface area contributed by atoms with E-state index >= 15 is 0 Å². The van der Waals surface area contributed by atoms with Crippen molar-refractivity contribution in [2.24, 2.45) is 0 Å². The van der Waals surface area contributed by atoms with Crippen LogP contribution in [0.5, 0.6) is 0 Å². The Morgan fingerprint density at radius 1 is 1.73 bits per heavy atom. The molecule has 0 aliphatic rings. The molecule has 0 spiro atoms. The summed E-state index contributed by atoms with van der Waals surface area (Å²) in [6, 6.07) is 1.76. The van der Waals surface area contributed by atoms with Gasteiger partial charge in [0.1, 0.15) is 0 Å². The molecule has 0 heterocycles. The monoisotopic (exact) mass is 155 g/mol. The van der Waals surface area contributed by atoms with Crippen LogP contribution in [-0.2, 0) is 4.79 Å². The molecular weight excluding hydrogens is 142 g/mol. The predicted molar refractivity (Wildman–Crippen MR) is 41.8 cm³/mol. The zero-order valence-corrected chi connectivity index (χ0v) is 6.85. The standard InChI is InChI=1S/C7H13N3O/c1-6(9-2)7(11)10-5-3-4-8/h6,9H,3,5H2,1-2H3,(H,10,11). The number of hydrogen-bond acceptors (Lipinski definition) is 3. The number of nitriles is 1. The Morgan fingerprint density at radius 2 is 2.36 bits per heavy atom. The maximum absolute atomic E-state index is 11.0. The smallest absolute Gasteiger partial charge is 0.236 e. The molecule has 1 amide bonds. The van der Waals surface area contributed by atoms with Crippen molar-refractivity contribution in [3.8, 4) is 6.07 Å². The quantitative estimate of drug-likeness (QED) is 0.544. The summed E-state index contributed by atoms with van der Waals surface area (Å²) in [4.78, 5) is 11.0. The number of nitrogens with one attached hydrogen (secondary N) is 2. The molecule has 4 heteroatoms. The van der Waals surface area contributed by atoms with Crippen molar-refractivity contribution in [2.75, 3.05) is 13.6 Å². The highest BCUT2D eigenvalue weighted by Crippen LogP contribution is 1.79. The van der Waals surface area contributed by atoms with E-state index in [2.05, 4.69) is 10.6 Å². The summed E-state index contributed by atoms with van der Waals surface area (Å²) in [5, 5.41) is 13.6. The molecule has 2 N–H and O–H groups in total. The van der Waals surface area contributed by atoms with Gasteiger partial charge in [-0.1, -0.05) is 0 Å². The largest absolute Gasteiger partial charge is 0.354 e. The lowest BCUT2D eigenvalue weighted by molar-refractivity contribution is -0.122. The zero-order chi connectivity index (χ0) is 8.69. The van der Waals surface area contributed by atoms with Crippen LogP contribution in [0.2, 0.25) is 0 Å². The van der Waals surface area contributed by atoms with Gasteiger partial charge in [-0.2, -0.15) is 5.26 Å². The fourth-order valence-electron chi connectivity index (χ4n) is 0.526. The number of nitrogens with zero attached hydrogens (tertiary/aromatic N) is 1. The summed E-state index contributed by atoms with van der Waals surface area (Å²) >= 11 is 0. The topological polar surface area (TPSA) is 64.9 Å². The Morgan fingerprint density at radius 3 is 2.82 bits per heavy atom. The molecular formula is C7H13N3O. The molecule has 0 saturated heterocycles. The van der Waals surface area contributed by atoms with Gasteiger partial charge in [0, 0.05) is 6.54 Å². The lowest BCUT2D eigenvalue weighted by atomic mass is 10.3. The van der Waals surface area contributed by atoms with Crippen molar-refractivity contribution >= 4 is 5.91 Å². The molecule has 0 aliphatic heterocycles. The minimum Gasteiger partial charge on any atom is -0.354 e. The Balaban J connectivity index is 3.46. The molecule has 0 bridgehead atoms. The van der Waals surface area contributed by atoms with E-state index < -0.39 is 0 Å². The molecule has 4 nitrogen and oxygen atoms in total. The van der Waals surface area contributed by atoms with Crippen LogP contribution in [-0.4, -0.2) is 25.5 Å². The summed E-state index contributed by atoms with van der Waals surface area (Å²) in [6.07, 6.45) is 0.363. The van der Waals surface area contributed by atoms with Crippen molar-refractivity contribution in [3.05, 3.63) is 0 Å². The van der Waals surface area contributed by atoms with E-state index in [0.29, 0.717) is 13.0 Å². The lowest BCUT2D eigenvalue weighted by Gasteiger charge is -2.08. The molecule has 1 atom stereocenters. The van der Waals surface area contributed by atoms with Gasteiger partial charge in [-0.05, 0) is 14.0 Å². The van der Waals surface area contributed by atoms with Crippen molar-refractivity contribution in [3.63, 3.8) is 0 Å². The second kappa shape index (κ2) is 5.69. The summed E-state index contributed by atoms with van der Waals surface area (Å²) < 4.78 is 0. The van der Waals surface area contributed by atoms with Gasteiger partial charge in [0.15, 0.2) is 0 Å².